The maximum absolute atomic E-state index is 11.2. The molecule has 4 aliphatic rings. The highest BCUT2D eigenvalue weighted by Crippen LogP contribution is 2.61. The molecular formula is C14H16O4. The normalized spacial score (nSPS) is 45.9. The lowest BCUT2D eigenvalue weighted by molar-refractivity contribution is -0.190. The van der Waals surface area contributed by atoms with E-state index < -0.39 is 5.79 Å². The number of esters is 1. The van der Waals surface area contributed by atoms with Gasteiger partial charge in [0.05, 0.1) is 13.2 Å². The summed E-state index contributed by atoms with van der Waals surface area (Å²) in [6, 6.07) is 0. The van der Waals surface area contributed by atoms with Gasteiger partial charge in [0, 0.05) is 24.7 Å². The van der Waals surface area contributed by atoms with Gasteiger partial charge in [0.15, 0.2) is 5.79 Å². The Kier molecular flexibility index (Phi) is 2.07. The van der Waals surface area contributed by atoms with Gasteiger partial charge in [-0.15, -0.1) is 0 Å². The highest BCUT2D eigenvalue weighted by Gasteiger charge is 2.67. The molecule has 1 aliphatic heterocycles. The first kappa shape index (κ1) is 10.8. The van der Waals surface area contributed by atoms with Crippen molar-refractivity contribution in [3.63, 3.8) is 0 Å². The van der Waals surface area contributed by atoms with Gasteiger partial charge in [0.1, 0.15) is 6.10 Å². The lowest BCUT2D eigenvalue weighted by Gasteiger charge is -2.30. The van der Waals surface area contributed by atoms with E-state index in [-0.39, 0.29) is 29.8 Å². The smallest absolute Gasteiger partial charge is 0.303 e. The highest BCUT2D eigenvalue weighted by atomic mass is 16.7. The molecule has 2 fully saturated rings. The van der Waals surface area contributed by atoms with Crippen LogP contribution < -0.4 is 0 Å². The van der Waals surface area contributed by atoms with Crippen LogP contribution in [0.25, 0.3) is 0 Å². The fourth-order valence-corrected chi connectivity index (χ4v) is 4.18. The summed E-state index contributed by atoms with van der Waals surface area (Å²) in [5, 5.41) is 0. The van der Waals surface area contributed by atoms with Gasteiger partial charge in [-0.05, 0) is 12.0 Å². The standard InChI is InChI=1S/C14H16O4/c1-8(15)18-12-5-2-9-10-3-4-11(13(9)12)14(10)16-6-7-17-14/h2-5,9-13H,6-7H2,1H3/t9-,10+,11+,12+,13-/m1/s1. The zero-order valence-corrected chi connectivity index (χ0v) is 10.2. The van der Waals surface area contributed by atoms with Crippen molar-refractivity contribution >= 4 is 5.97 Å². The SMILES string of the molecule is CC(=O)O[C@H]1C=C[C@H]2[C@@H]1[C@@H]1C=C[C@@H]2C12OCCO2. The second kappa shape index (κ2) is 3.45. The average Bonchev–Trinajstić information content (AvgIpc) is 3.05. The maximum atomic E-state index is 11.2. The van der Waals surface area contributed by atoms with Gasteiger partial charge in [-0.3, -0.25) is 4.79 Å². The minimum Gasteiger partial charge on any atom is -0.458 e. The van der Waals surface area contributed by atoms with E-state index in [9.17, 15) is 4.79 Å². The molecule has 18 heavy (non-hydrogen) atoms. The average molecular weight is 248 g/mol. The van der Waals surface area contributed by atoms with Crippen LogP contribution in [0.4, 0.5) is 0 Å². The summed E-state index contributed by atoms with van der Waals surface area (Å²) in [4.78, 5) is 11.2. The first-order chi connectivity index (χ1) is 8.72. The lowest BCUT2D eigenvalue weighted by Crippen LogP contribution is -2.39. The Morgan fingerprint density at radius 1 is 1.17 bits per heavy atom. The fraction of sp³-hybridized carbons (Fsp3) is 0.643. The number of hydrogen-bond donors (Lipinski definition) is 0. The zero-order valence-electron chi connectivity index (χ0n) is 10.2. The Morgan fingerprint density at radius 2 is 1.89 bits per heavy atom. The predicted octanol–water partition coefficient (Wildman–Crippen LogP) is 1.28. The minimum atomic E-state index is -0.474. The summed E-state index contributed by atoms with van der Waals surface area (Å²) in [6.45, 7) is 2.79. The summed E-state index contributed by atoms with van der Waals surface area (Å²) in [5.74, 6) is 0.434. The number of hydrogen-bond acceptors (Lipinski definition) is 4. The molecular weight excluding hydrogens is 232 g/mol. The predicted molar refractivity (Wildman–Crippen MR) is 62.4 cm³/mol. The molecule has 2 bridgehead atoms. The molecule has 0 aromatic rings. The van der Waals surface area contributed by atoms with Crippen LogP contribution in [-0.2, 0) is 19.0 Å². The summed E-state index contributed by atoms with van der Waals surface area (Å²) < 4.78 is 17.2. The summed E-state index contributed by atoms with van der Waals surface area (Å²) in [6.07, 6.45) is 8.44. The number of rotatable bonds is 1. The van der Waals surface area contributed by atoms with Gasteiger partial charge in [-0.2, -0.15) is 0 Å². The van der Waals surface area contributed by atoms with E-state index in [0.29, 0.717) is 19.1 Å². The van der Waals surface area contributed by atoms with Gasteiger partial charge < -0.3 is 14.2 Å². The number of carbonyl (C=O) groups is 1. The molecule has 1 saturated heterocycles. The monoisotopic (exact) mass is 248 g/mol. The highest BCUT2D eigenvalue weighted by molar-refractivity contribution is 5.66. The van der Waals surface area contributed by atoms with E-state index in [1.54, 1.807) is 0 Å². The van der Waals surface area contributed by atoms with Crippen LogP contribution in [0, 0.1) is 23.7 Å². The van der Waals surface area contributed by atoms with Crippen molar-refractivity contribution in [1.82, 2.24) is 0 Å². The first-order valence-corrected chi connectivity index (χ1v) is 6.54. The second-order valence-electron chi connectivity index (χ2n) is 5.47. The summed E-state index contributed by atoms with van der Waals surface area (Å²) in [7, 11) is 0. The topological polar surface area (TPSA) is 44.8 Å². The molecule has 0 radical (unpaired) electrons. The van der Waals surface area contributed by atoms with Gasteiger partial charge in [0.25, 0.3) is 0 Å². The third kappa shape index (κ3) is 1.15. The molecule has 1 saturated carbocycles. The van der Waals surface area contributed by atoms with Crippen molar-refractivity contribution in [3.05, 3.63) is 24.3 Å². The van der Waals surface area contributed by atoms with Crippen LogP contribution in [0.5, 0.6) is 0 Å². The van der Waals surface area contributed by atoms with Gasteiger partial charge in [0.2, 0.25) is 0 Å². The number of fused-ring (bicyclic) bond motifs is 3. The van der Waals surface area contributed by atoms with Crippen molar-refractivity contribution in [2.75, 3.05) is 13.2 Å². The Balaban J connectivity index is 1.67. The number of carbonyl (C=O) groups excluding carboxylic acids is 1. The molecule has 0 unspecified atom stereocenters. The molecule has 3 aliphatic carbocycles. The molecule has 96 valence electrons. The van der Waals surface area contributed by atoms with Crippen LogP contribution in [0.3, 0.4) is 0 Å². The van der Waals surface area contributed by atoms with E-state index >= 15 is 0 Å². The molecule has 0 aromatic heterocycles. The molecule has 4 rings (SSSR count). The number of ether oxygens (including phenoxy) is 3. The Hall–Kier alpha value is -1.13. The van der Waals surface area contributed by atoms with Gasteiger partial charge >= 0.3 is 5.97 Å². The molecule has 1 heterocycles. The van der Waals surface area contributed by atoms with Crippen molar-refractivity contribution in [2.45, 2.75) is 18.8 Å². The largest absolute Gasteiger partial charge is 0.458 e. The molecule has 4 nitrogen and oxygen atoms in total. The third-order valence-corrected chi connectivity index (χ3v) is 4.67. The first-order valence-electron chi connectivity index (χ1n) is 6.54. The Morgan fingerprint density at radius 3 is 2.61 bits per heavy atom. The van der Waals surface area contributed by atoms with Crippen molar-refractivity contribution in [3.8, 4) is 0 Å². The minimum absolute atomic E-state index is 0.128. The van der Waals surface area contributed by atoms with Crippen molar-refractivity contribution < 1.29 is 19.0 Å². The van der Waals surface area contributed by atoms with Crippen molar-refractivity contribution in [1.29, 1.82) is 0 Å². The van der Waals surface area contributed by atoms with E-state index in [0.717, 1.165) is 0 Å². The molecule has 0 aromatic carbocycles. The van der Waals surface area contributed by atoms with E-state index in [1.165, 1.54) is 6.92 Å². The van der Waals surface area contributed by atoms with Crippen molar-refractivity contribution in [2.24, 2.45) is 23.7 Å². The molecule has 4 heteroatoms. The zero-order chi connectivity index (χ0) is 12.3. The van der Waals surface area contributed by atoms with Gasteiger partial charge in [-0.25, -0.2) is 0 Å². The molecule has 0 N–H and O–H groups in total. The molecule has 0 amide bonds. The van der Waals surface area contributed by atoms with E-state index in [4.69, 9.17) is 14.2 Å². The summed E-state index contributed by atoms with van der Waals surface area (Å²) >= 11 is 0. The maximum Gasteiger partial charge on any atom is 0.303 e. The van der Waals surface area contributed by atoms with Crippen LogP contribution in [0.2, 0.25) is 0 Å². The Bertz CT molecular complexity index is 447. The second-order valence-corrected chi connectivity index (χ2v) is 5.47. The summed E-state index contributed by atoms with van der Waals surface area (Å²) in [5.41, 5.74) is 0. The van der Waals surface area contributed by atoms with Crippen LogP contribution >= 0.6 is 0 Å². The number of allylic oxidation sites excluding steroid dienone is 1. The fourth-order valence-electron chi connectivity index (χ4n) is 4.18. The Labute approximate surface area is 106 Å². The van der Waals surface area contributed by atoms with E-state index in [2.05, 4.69) is 18.2 Å². The lowest BCUT2D eigenvalue weighted by atomic mass is 9.84. The van der Waals surface area contributed by atoms with E-state index in [1.807, 2.05) is 6.08 Å². The van der Waals surface area contributed by atoms with Crippen LogP contribution in [-0.4, -0.2) is 31.1 Å². The third-order valence-electron chi connectivity index (χ3n) is 4.67. The molecule has 1 spiro atoms. The molecule has 5 atom stereocenters. The quantitative estimate of drug-likeness (QED) is 0.518. The van der Waals surface area contributed by atoms with Gasteiger partial charge in [-0.1, -0.05) is 18.2 Å². The van der Waals surface area contributed by atoms with Crippen LogP contribution in [0.15, 0.2) is 24.3 Å². The van der Waals surface area contributed by atoms with Crippen LogP contribution in [0.1, 0.15) is 6.92 Å².